The fraction of sp³-hybridized carbons (Fsp3) is 0.818. The molecule has 0 rings (SSSR count). The van der Waals surface area contributed by atoms with Crippen molar-refractivity contribution >= 4 is 11.9 Å². The average Bonchev–Trinajstić information content (AvgIpc) is 2.13. The minimum absolute atomic E-state index is 0.503. The summed E-state index contributed by atoms with van der Waals surface area (Å²) in [5, 5.41) is 2.22. The summed E-state index contributed by atoms with van der Waals surface area (Å²) in [4.78, 5) is 4.09. The number of hydrogen-bond acceptors (Lipinski definition) is 2. The van der Waals surface area contributed by atoms with Crippen LogP contribution in [0.4, 0.5) is 0 Å². The van der Waals surface area contributed by atoms with Crippen molar-refractivity contribution in [3.8, 4) is 0 Å². The Kier molecular flexibility index (Phi) is 6.17. The molecule has 0 bridgehead atoms. The molecular formula is C11H24N3+. The van der Waals surface area contributed by atoms with E-state index in [1.165, 1.54) is 5.71 Å². The van der Waals surface area contributed by atoms with E-state index in [1.807, 2.05) is 13.3 Å². The lowest BCUT2D eigenvalue weighted by atomic mass is 10.1. The molecule has 3 nitrogen and oxygen atoms in total. The zero-order valence-corrected chi connectivity index (χ0v) is 10.4. The molecule has 0 fully saturated rings. The number of rotatable bonds is 5. The summed E-state index contributed by atoms with van der Waals surface area (Å²) < 4.78 is 2.18. The fourth-order valence-electron chi connectivity index (χ4n) is 1.41. The van der Waals surface area contributed by atoms with Crippen LogP contribution in [0.5, 0.6) is 0 Å². The van der Waals surface area contributed by atoms with Crippen molar-refractivity contribution in [2.75, 3.05) is 27.7 Å². The number of aliphatic imine (C=N–C) groups is 1. The van der Waals surface area contributed by atoms with Crippen LogP contribution in [0, 0.1) is 5.92 Å². The van der Waals surface area contributed by atoms with Gasteiger partial charge in [-0.2, -0.15) is 5.01 Å². The molecule has 82 valence electrons. The lowest BCUT2D eigenvalue weighted by molar-refractivity contribution is -0.661. The highest BCUT2D eigenvalue weighted by atomic mass is 15.5. The fourth-order valence-corrected chi connectivity index (χ4v) is 1.41. The van der Waals surface area contributed by atoms with E-state index in [1.54, 1.807) is 0 Å². The minimum atomic E-state index is 0.503. The first-order valence-electron chi connectivity index (χ1n) is 5.28. The van der Waals surface area contributed by atoms with Crippen molar-refractivity contribution in [2.45, 2.75) is 27.2 Å². The van der Waals surface area contributed by atoms with Gasteiger partial charge >= 0.3 is 0 Å². The predicted molar refractivity (Wildman–Crippen MR) is 63.4 cm³/mol. The molecule has 0 spiro atoms. The molecule has 0 aliphatic carbocycles. The molecule has 0 aromatic heterocycles. The van der Waals surface area contributed by atoms with Gasteiger partial charge in [-0.1, -0.05) is 20.8 Å². The van der Waals surface area contributed by atoms with Crippen LogP contribution in [-0.4, -0.2) is 49.3 Å². The van der Waals surface area contributed by atoms with Crippen molar-refractivity contribution in [1.29, 1.82) is 0 Å². The van der Waals surface area contributed by atoms with E-state index in [-0.39, 0.29) is 0 Å². The molecule has 0 aliphatic heterocycles. The van der Waals surface area contributed by atoms with Crippen LogP contribution in [0.25, 0.3) is 0 Å². The molecule has 0 aliphatic rings. The van der Waals surface area contributed by atoms with Gasteiger partial charge in [0.05, 0.1) is 19.8 Å². The summed E-state index contributed by atoms with van der Waals surface area (Å²) in [7, 11) is 6.01. The molecule has 0 aromatic carbocycles. The second-order valence-electron chi connectivity index (χ2n) is 3.87. The second-order valence-corrected chi connectivity index (χ2v) is 3.87. The molecule has 0 saturated heterocycles. The Balaban J connectivity index is 4.79. The van der Waals surface area contributed by atoms with Crippen molar-refractivity contribution in [2.24, 2.45) is 10.9 Å². The third kappa shape index (κ3) is 3.90. The smallest absolute Gasteiger partial charge is 0.225 e. The van der Waals surface area contributed by atoms with Gasteiger partial charge in [-0.3, -0.25) is 4.99 Å². The summed E-state index contributed by atoms with van der Waals surface area (Å²) in [6.07, 6.45) is 3.10. The third-order valence-electron chi connectivity index (χ3n) is 2.29. The number of hydrogen-bond donors (Lipinski definition) is 0. The lowest BCUT2D eigenvalue weighted by Gasteiger charge is -2.15. The molecule has 0 saturated carbocycles. The van der Waals surface area contributed by atoms with Crippen molar-refractivity contribution < 1.29 is 4.68 Å². The van der Waals surface area contributed by atoms with Gasteiger partial charge in [0, 0.05) is 13.0 Å². The lowest BCUT2D eigenvalue weighted by Crippen LogP contribution is -2.36. The quantitative estimate of drug-likeness (QED) is 0.373. The highest BCUT2D eigenvalue weighted by molar-refractivity contribution is 6.28. The van der Waals surface area contributed by atoms with Crippen LogP contribution in [-0.2, 0) is 0 Å². The molecule has 0 aromatic rings. The first-order chi connectivity index (χ1) is 6.54. The topological polar surface area (TPSA) is 18.6 Å². The first kappa shape index (κ1) is 13.1. The van der Waals surface area contributed by atoms with Crippen LogP contribution < -0.4 is 0 Å². The highest BCUT2D eigenvalue weighted by Crippen LogP contribution is 1.97. The van der Waals surface area contributed by atoms with Gasteiger partial charge in [0.15, 0.2) is 7.05 Å². The highest BCUT2D eigenvalue weighted by Gasteiger charge is 2.16. The molecule has 0 radical (unpaired) electrons. The largest absolute Gasteiger partial charge is 0.290 e. The van der Waals surface area contributed by atoms with Gasteiger partial charge in [0.1, 0.15) is 0 Å². The van der Waals surface area contributed by atoms with Crippen LogP contribution in [0.15, 0.2) is 4.99 Å². The summed E-state index contributed by atoms with van der Waals surface area (Å²) in [5.41, 5.74) is 1.25. The van der Waals surface area contributed by atoms with E-state index in [0.717, 1.165) is 13.0 Å². The number of hydrazone groups is 1. The van der Waals surface area contributed by atoms with Gasteiger partial charge in [0.25, 0.3) is 0 Å². The van der Waals surface area contributed by atoms with Gasteiger partial charge in [0.2, 0.25) is 5.71 Å². The van der Waals surface area contributed by atoms with E-state index in [4.69, 9.17) is 0 Å². The van der Waals surface area contributed by atoms with Gasteiger partial charge < -0.3 is 0 Å². The van der Waals surface area contributed by atoms with Gasteiger partial charge in [-0.25, -0.2) is 0 Å². The van der Waals surface area contributed by atoms with Crippen molar-refractivity contribution in [3.05, 3.63) is 0 Å². The Bertz CT molecular complexity index is 217. The summed E-state index contributed by atoms with van der Waals surface area (Å²) in [6, 6.07) is 0. The van der Waals surface area contributed by atoms with E-state index >= 15 is 0 Å². The van der Waals surface area contributed by atoms with E-state index < -0.39 is 0 Å². The van der Waals surface area contributed by atoms with Gasteiger partial charge in [-0.15, -0.1) is 4.68 Å². The molecule has 14 heavy (non-hydrogen) atoms. The van der Waals surface area contributed by atoms with E-state index in [2.05, 4.69) is 49.6 Å². The monoisotopic (exact) mass is 198 g/mol. The Hall–Kier alpha value is -0.860. The average molecular weight is 198 g/mol. The van der Waals surface area contributed by atoms with Crippen LogP contribution in [0.3, 0.4) is 0 Å². The molecule has 0 atom stereocenters. The second kappa shape index (κ2) is 6.57. The zero-order valence-electron chi connectivity index (χ0n) is 10.4. The Morgan fingerprint density at radius 1 is 1.50 bits per heavy atom. The Labute approximate surface area is 88.1 Å². The first-order valence-corrected chi connectivity index (χ1v) is 5.28. The Morgan fingerprint density at radius 2 is 2.07 bits per heavy atom. The van der Waals surface area contributed by atoms with Crippen LogP contribution in [0.2, 0.25) is 0 Å². The molecule has 0 N–H and O–H groups in total. The minimum Gasteiger partial charge on any atom is -0.290 e. The molecule has 0 unspecified atom stereocenters. The number of nitrogens with zero attached hydrogens (tertiary/aromatic N) is 3. The van der Waals surface area contributed by atoms with Crippen LogP contribution in [0.1, 0.15) is 27.2 Å². The summed E-state index contributed by atoms with van der Waals surface area (Å²) in [5.74, 6) is 0.503. The SMILES string of the molecule is CCCN(C)[N+](C)=C(C=NC)C(C)C. The predicted octanol–water partition coefficient (Wildman–Crippen LogP) is 1.68. The summed E-state index contributed by atoms with van der Waals surface area (Å²) >= 11 is 0. The van der Waals surface area contributed by atoms with Crippen molar-refractivity contribution in [1.82, 2.24) is 5.01 Å². The normalized spacial score (nSPS) is 13.6. The van der Waals surface area contributed by atoms with E-state index in [9.17, 15) is 0 Å². The standard InChI is InChI=1S/C11H24N3/c1-7-8-13(5)14(6)11(9-12-4)10(2)3/h9-10H,7-8H2,1-6H3/q+1. The maximum absolute atomic E-state index is 4.09. The van der Waals surface area contributed by atoms with Crippen LogP contribution >= 0.6 is 0 Å². The zero-order chi connectivity index (χ0) is 11.1. The Morgan fingerprint density at radius 3 is 2.43 bits per heavy atom. The molecule has 3 heteroatoms. The van der Waals surface area contributed by atoms with Crippen molar-refractivity contribution in [3.63, 3.8) is 0 Å². The molecule has 0 amide bonds. The molecule has 0 heterocycles. The number of hydrazine groups is 1. The molecular weight excluding hydrogens is 174 g/mol. The maximum Gasteiger partial charge on any atom is 0.225 e. The van der Waals surface area contributed by atoms with Gasteiger partial charge in [-0.05, 0) is 6.42 Å². The van der Waals surface area contributed by atoms with E-state index in [0.29, 0.717) is 5.92 Å². The third-order valence-corrected chi connectivity index (χ3v) is 2.29. The maximum atomic E-state index is 4.09. The summed E-state index contributed by atoms with van der Waals surface area (Å²) in [6.45, 7) is 7.64.